The van der Waals surface area contributed by atoms with Crippen LogP contribution in [0.3, 0.4) is 0 Å². The molecule has 1 saturated carbocycles. The van der Waals surface area contributed by atoms with Crippen molar-refractivity contribution in [2.75, 3.05) is 13.2 Å². The Balaban J connectivity index is 1.43. The minimum absolute atomic E-state index is 0.0442. The summed E-state index contributed by atoms with van der Waals surface area (Å²) in [5, 5.41) is 4.65. The number of aromatic nitrogens is 5. The van der Waals surface area contributed by atoms with Crippen LogP contribution in [0.25, 0.3) is 22.6 Å². The van der Waals surface area contributed by atoms with Crippen molar-refractivity contribution in [2.45, 2.75) is 105 Å². The van der Waals surface area contributed by atoms with Crippen molar-refractivity contribution in [3.8, 4) is 34.5 Å². The first-order chi connectivity index (χ1) is 20.1. The number of rotatable bonds is 13. The van der Waals surface area contributed by atoms with Gasteiger partial charge in [0, 0.05) is 44.3 Å². The van der Waals surface area contributed by atoms with Gasteiger partial charge in [0.15, 0.2) is 5.82 Å². The maximum atomic E-state index is 12.8. The van der Waals surface area contributed by atoms with Gasteiger partial charge in [0.1, 0.15) is 24.4 Å². The summed E-state index contributed by atoms with van der Waals surface area (Å²) in [5.41, 5.74) is 2.28. The zero-order valence-corrected chi connectivity index (χ0v) is 28.2. The van der Waals surface area contributed by atoms with Gasteiger partial charge in [0.2, 0.25) is 5.88 Å². The van der Waals surface area contributed by atoms with Crippen molar-refractivity contribution in [3.63, 3.8) is 0 Å². The molecule has 0 unspecified atom stereocenters. The molecule has 0 bridgehead atoms. The second-order valence-corrected chi connectivity index (χ2v) is 19.5. The van der Waals surface area contributed by atoms with Crippen LogP contribution in [0.4, 0.5) is 0 Å². The Morgan fingerprint density at radius 3 is 2.42 bits per heavy atom. The molecular weight excluding hydrogens is 562 g/mol. The minimum Gasteiger partial charge on any atom is -0.476 e. The SMILES string of the molecule is Cc1cc(OCC2(C(=O)OC(C)(C)C)CCC2)ncc1-c1ccc(-c2nc(OC(C)C)n(COCC[Si](C)(C)C)n2)cn1. The van der Waals surface area contributed by atoms with Gasteiger partial charge in [-0.05, 0) is 78.1 Å². The monoisotopic (exact) mass is 609 g/mol. The van der Waals surface area contributed by atoms with Crippen molar-refractivity contribution in [2.24, 2.45) is 5.41 Å². The van der Waals surface area contributed by atoms with E-state index in [1.807, 2.05) is 59.7 Å². The van der Waals surface area contributed by atoms with Gasteiger partial charge in [-0.25, -0.2) is 4.98 Å². The number of hydrogen-bond acceptors (Lipinski definition) is 9. The summed E-state index contributed by atoms with van der Waals surface area (Å²) in [4.78, 5) is 26.6. The number of nitrogens with zero attached hydrogens (tertiary/aromatic N) is 5. The van der Waals surface area contributed by atoms with Crippen molar-refractivity contribution in [3.05, 3.63) is 36.2 Å². The van der Waals surface area contributed by atoms with Crippen LogP contribution >= 0.6 is 0 Å². The first-order valence-electron chi connectivity index (χ1n) is 15.1. The van der Waals surface area contributed by atoms with E-state index in [0.29, 0.717) is 24.3 Å². The lowest BCUT2D eigenvalue weighted by Crippen LogP contribution is -2.46. The molecule has 0 aliphatic heterocycles. The number of aryl methyl sites for hydroxylation is 1. The Hall–Kier alpha value is -3.31. The van der Waals surface area contributed by atoms with Crippen LogP contribution in [-0.2, 0) is 21.0 Å². The van der Waals surface area contributed by atoms with Crippen molar-refractivity contribution >= 4 is 14.0 Å². The van der Waals surface area contributed by atoms with Gasteiger partial charge in [0.05, 0.1) is 11.8 Å². The third kappa shape index (κ3) is 8.85. The number of hydrogen-bond donors (Lipinski definition) is 0. The van der Waals surface area contributed by atoms with Crippen LogP contribution in [0, 0.1) is 12.3 Å². The van der Waals surface area contributed by atoms with E-state index in [1.165, 1.54) is 0 Å². The third-order valence-electron chi connectivity index (χ3n) is 7.21. The van der Waals surface area contributed by atoms with Crippen LogP contribution in [0.15, 0.2) is 30.6 Å². The maximum absolute atomic E-state index is 12.8. The zero-order valence-electron chi connectivity index (χ0n) is 27.2. The van der Waals surface area contributed by atoms with Gasteiger partial charge < -0.3 is 18.9 Å². The van der Waals surface area contributed by atoms with Gasteiger partial charge in [-0.15, -0.1) is 5.10 Å². The Morgan fingerprint density at radius 2 is 1.86 bits per heavy atom. The molecule has 3 heterocycles. The molecule has 0 amide bonds. The molecule has 3 aromatic heterocycles. The summed E-state index contributed by atoms with van der Waals surface area (Å²) >= 11 is 0. The first kappa shape index (κ1) is 32.6. The van der Waals surface area contributed by atoms with E-state index >= 15 is 0 Å². The van der Waals surface area contributed by atoms with Gasteiger partial charge in [-0.2, -0.15) is 9.67 Å². The van der Waals surface area contributed by atoms with E-state index < -0.39 is 19.1 Å². The van der Waals surface area contributed by atoms with Gasteiger partial charge >= 0.3 is 12.0 Å². The van der Waals surface area contributed by atoms with Crippen molar-refractivity contribution < 1.29 is 23.7 Å². The topological polar surface area (TPSA) is 110 Å². The molecule has 1 fully saturated rings. The fourth-order valence-electron chi connectivity index (χ4n) is 4.53. The van der Waals surface area contributed by atoms with E-state index in [2.05, 4.69) is 39.7 Å². The molecule has 4 rings (SSSR count). The number of ether oxygens (including phenoxy) is 4. The lowest BCUT2D eigenvalue weighted by molar-refractivity contribution is -0.176. The molecule has 10 nitrogen and oxygen atoms in total. The summed E-state index contributed by atoms with van der Waals surface area (Å²) in [6.07, 6.45) is 5.98. The highest BCUT2D eigenvalue weighted by Gasteiger charge is 2.47. The highest BCUT2D eigenvalue weighted by atomic mass is 28.3. The molecule has 0 aromatic carbocycles. The second-order valence-electron chi connectivity index (χ2n) is 13.9. The van der Waals surface area contributed by atoms with E-state index in [4.69, 9.17) is 18.9 Å². The van der Waals surface area contributed by atoms with Gasteiger partial charge in [0.25, 0.3) is 0 Å². The quantitative estimate of drug-likeness (QED) is 0.119. The smallest absolute Gasteiger partial charge is 0.317 e. The first-order valence-corrected chi connectivity index (χ1v) is 18.8. The van der Waals surface area contributed by atoms with Crippen molar-refractivity contribution in [1.29, 1.82) is 0 Å². The highest BCUT2D eigenvalue weighted by molar-refractivity contribution is 6.76. The molecule has 3 aromatic rings. The third-order valence-corrected chi connectivity index (χ3v) is 8.92. The van der Waals surface area contributed by atoms with Crippen LogP contribution in [0.5, 0.6) is 11.9 Å². The maximum Gasteiger partial charge on any atom is 0.317 e. The fraction of sp³-hybridized carbons (Fsp3) is 0.594. The van der Waals surface area contributed by atoms with Gasteiger partial charge in [-0.3, -0.25) is 9.78 Å². The molecule has 0 spiro atoms. The summed E-state index contributed by atoms with van der Waals surface area (Å²) < 4.78 is 25.2. The van der Waals surface area contributed by atoms with Crippen molar-refractivity contribution in [1.82, 2.24) is 24.7 Å². The van der Waals surface area contributed by atoms with E-state index in [1.54, 1.807) is 17.1 Å². The Labute approximate surface area is 256 Å². The average molecular weight is 610 g/mol. The number of pyridine rings is 2. The van der Waals surface area contributed by atoms with Crippen LogP contribution < -0.4 is 9.47 Å². The van der Waals surface area contributed by atoms with Crippen LogP contribution in [-0.4, -0.2) is 63.7 Å². The van der Waals surface area contributed by atoms with Gasteiger partial charge in [-0.1, -0.05) is 26.1 Å². The van der Waals surface area contributed by atoms with E-state index in [0.717, 1.165) is 47.7 Å². The molecule has 0 N–H and O–H groups in total. The largest absolute Gasteiger partial charge is 0.476 e. The molecule has 43 heavy (non-hydrogen) atoms. The summed E-state index contributed by atoms with van der Waals surface area (Å²) in [5.74, 6) is 0.810. The molecule has 11 heteroatoms. The average Bonchev–Trinajstić information content (AvgIpc) is 3.26. The lowest BCUT2D eigenvalue weighted by atomic mass is 9.69. The molecule has 0 atom stereocenters. The van der Waals surface area contributed by atoms with E-state index in [-0.39, 0.29) is 25.4 Å². The number of esters is 1. The number of carbonyl (C=O) groups excluding carboxylic acids is 1. The standard InChI is InChI=1S/C32H47N5O5Si/c1-22(2)41-30-35-28(36-37(30)21-39-15-16-43(7,8)9)24-11-12-26(33-18-24)25-19-34-27(17-23(25)3)40-20-32(13-10-14-32)29(38)42-31(4,5)6/h11-12,17-19,22H,10,13-16,20-21H2,1-9H3. The molecule has 0 saturated heterocycles. The highest BCUT2D eigenvalue weighted by Crippen LogP contribution is 2.43. The normalized spacial score (nSPS) is 14.8. The molecule has 234 valence electrons. The van der Waals surface area contributed by atoms with E-state index in [9.17, 15) is 4.79 Å². The van der Waals surface area contributed by atoms with Crippen LogP contribution in [0.2, 0.25) is 25.7 Å². The number of carbonyl (C=O) groups is 1. The Bertz CT molecular complexity index is 1390. The molecule has 1 aliphatic rings. The fourth-order valence-corrected chi connectivity index (χ4v) is 5.29. The molecule has 1 aliphatic carbocycles. The lowest BCUT2D eigenvalue weighted by Gasteiger charge is -2.40. The summed E-state index contributed by atoms with van der Waals surface area (Å²) in [6.45, 7) is 19.8. The second kappa shape index (κ2) is 13.1. The molecule has 0 radical (unpaired) electrons. The zero-order chi connectivity index (χ0) is 31.4. The van der Waals surface area contributed by atoms with Crippen LogP contribution in [0.1, 0.15) is 59.4 Å². The summed E-state index contributed by atoms with van der Waals surface area (Å²) in [6, 6.07) is 7.26. The minimum atomic E-state index is -1.18. The summed E-state index contributed by atoms with van der Waals surface area (Å²) in [7, 11) is -1.18. The Morgan fingerprint density at radius 1 is 1.12 bits per heavy atom. The molecular formula is C32H47N5O5Si. The predicted molar refractivity (Wildman–Crippen MR) is 169 cm³/mol. The Kier molecular flexibility index (Phi) is 9.95. The predicted octanol–water partition coefficient (Wildman–Crippen LogP) is 6.70.